The molecule has 0 aliphatic carbocycles. The predicted octanol–water partition coefficient (Wildman–Crippen LogP) is 4.70. The maximum absolute atomic E-state index is 12.3. The van der Waals surface area contributed by atoms with Crippen molar-refractivity contribution >= 4 is 40.9 Å². The second-order valence-electron chi connectivity index (χ2n) is 7.00. The number of primary amides is 1. The number of amides is 3. The number of hydrogen-bond acceptors (Lipinski definition) is 4. The van der Waals surface area contributed by atoms with E-state index in [4.69, 9.17) is 22.4 Å². The van der Waals surface area contributed by atoms with Gasteiger partial charge in [0.15, 0.2) is 0 Å². The molecule has 34 heavy (non-hydrogen) atoms. The number of rotatable bonds is 9. The number of ether oxygens (including phenoxy) is 1. The topological polar surface area (TPSA) is 147 Å². The van der Waals surface area contributed by atoms with Crippen molar-refractivity contribution in [3.05, 3.63) is 64.9 Å². The maximum Gasteiger partial charge on any atom is 0.387 e. The molecule has 0 atom stereocenters. The van der Waals surface area contributed by atoms with Crippen LogP contribution in [-0.4, -0.2) is 34.6 Å². The summed E-state index contributed by atoms with van der Waals surface area (Å²) in [4.78, 5) is 37.8. The molecule has 178 valence electrons. The van der Waals surface area contributed by atoms with Crippen molar-refractivity contribution in [2.24, 2.45) is 5.73 Å². The lowest BCUT2D eigenvalue weighted by molar-refractivity contribution is -0.136. The number of H-pyrrole nitrogens is 1. The van der Waals surface area contributed by atoms with Crippen LogP contribution in [0.1, 0.15) is 22.5 Å². The van der Waals surface area contributed by atoms with E-state index in [1.807, 2.05) is 0 Å². The molecule has 9 nitrogen and oxygen atoms in total. The van der Waals surface area contributed by atoms with E-state index in [1.54, 1.807) is 30.5 Å². The normalized spacial score (nSPS) is 10.7. The zero-order valence-electron chi connectivity index (χ0n) is 17.4. The third kappa shape index (κ3) is 6.23. The van der Waals surface area contributed by atoms with Crippen LogP contribution in [0.25, 0.3) is 11.1 Å². The molecule has 3 amide bonds. The number of carboxylic acids is 1. The number of halogens is 3. The third-order valence-corrected chi connectivity index (χ3v) is 4.95. The number of carboxylic acid groups (broad SMARTS) is 1. The molecular formula is C22H19ClF2N4O5. The minimum Gasteiger partial charge on any atom is -0.481 e. The van der Waals surface area contributed by atoms with Gasteiger partial charge in [-0.05, 0) is 47.9 Å². The number of carbonyl (C=O) groups excluding carboxylic acids is 2. The molecule has 0 bridgehead atoms. The van der Waals surface area contributed by atoms with Crippen molar-refractivity contribution in [3.8, 4) is 16.9 Å². The molecule has 6 N–H and O–H groups in total. The highest BCUT2D eigenvalue weighted by atomic mass is 35.5. The molecule has 1 heterocycles. The number of urea groups is 1. The lowest BCUT2D eigenvalue weighted by Gasteiger charge is -2.11. The summed E-state index contributed by atoms with van der Waals surface area (Å²) in [6.07, 6.45) is 1.61. The molecule has 3 aromatic rings. The van der Waals surface area contributed by atoms with Crippen LogP contribution in [0.2, 0.25) is 5.02 Å². The van der Waals surface area contributed by atoms with Gasteiger partial charge in [-0.2, -0.15) is 8.78 Å². The zero-order valence-corrected chi connectivity index (χ0v) is 18.2. The van der Waals surface area contributed by atoms with Crippen molar-refractivity contribution in [2.45, 2.75) is 19.5 Å². The Labute approximate surface area is 196 Å². The molecule has 0 saturated heterocycles. The number of hydrogen-bond donors (Lipinski definition) is 5. The predicted molar refractivity (Wildman–Crippen MR) is 121 cm³/mol. The average molecular weight is 493 g/mol. The highest BCUT2D eigenvalue weighted by Crippen LogP contribution is 2.31. The Morgan fingerprint density at radius 2 is 1.74 bits per heavy atom. The number of nitrogens with one attached hydrogen (secondary N) is 3. The Hall–Kier alpha value is -4.12. The minimum absolute atomic E-state index is 0.0992. The first kappa shape index (κ1) is 24.5. The van der Waals surface area contributed by atoms with Gasteiger partial charge in [-0.25, -0.2) is 4.79 Å². The number of anilines is 2. The third-order valence-electron chi connectivity index (χ3n) is 4.65. The van der Waals surface area contributed by atoms with Crippen LogP contribution in [-0.2, 0) is 11.2 Å². The fraction of sp³-hybridized carbons (Fsp3) is 0.136. The Morgan fingerprint density at radius 3 is 2.32 bits per heavy atom. The van der Waals surface area contributed by atoms with Gasteiger partial charge in [-0.1, -0.05) is 23.7 Å². The first-order valence-electron chi connectivity index (χ1n) is 9.78. The smallest absolute Gasteiger partial charge is 0.387 e. The number of aromatic nitrogens is 1. The molecule has 0 aliphatic heterocycles. The summed E-state index contributed by atoms with van der Waals surface area (Å²) in [6.45, 7) is -3.03. The van der Waals surface area contributed by atoms with E-state index in [2.05, 4.69) is 20.4 Å². The van der Waals surface area contributed by atoms with Crippen molar-refractivity contribution in [2.75, 3.05) is 10.6 Å². The van der Waals surface area contributed by atoms with E-state index in [9.17, 15) is 23.2 Å². The Kier molecular flexibility index (Phi) is 7.69. The zero-order chi connectivity index (χ0) is 24.8. The second kappa shape index (κ2) is 10.7. The molecule has 0 spiro atoms. The van der Waals surface area contributed by atoms with E-state index in [1.165, 1.54) is 18.2 Å². The van der Waals surface area contributed by atoms with E-state index in [0.717, 1.165) is 0 Å². The Morgan fingerprint density at radius 1 is 1.09 bits per heavy atom. The molecule has 1 aromatic heterocycles. The van der Waals surface area contributed by atoms with Gasteiger partial charge < -0.3 is 31.2 Å². The highest BCUT2D eigenvalue weighted by molar-refractivity contribution is 6.32. The molecule has 2 aromatic carbocycles. The minimum atomic E-state index is -3.03. The lowest BCUT2D eigenvalue weighted by atomic mass is 9.98. The van der Waals surface area contributed by atoms with E-state index >= 15 is 0 Å². The highest BCUT2D eigenvalue weighted by Gasteiger charge is 2.18. The summed E-state index contributed by atoms with van der Waals surface area (Å²) in [5, 5.41) is 14.0. The molecule has 3 rings (SSSR count). The second-order valence-corrected chi connectivity index (χ2v) is 7.41. The largest absolute Gasteiger partial charge is 0.481 e. The van der Waals surface area contributed by atoms with Gasteiger partial charge in [0.05, 0.1) is 5.02 Å². The molecule has 0 fully saturated rings. The molecular weight excluding hydrogens is 474 g/mol. The number of aryl methyl sites for hydroxylation is 1. The van der Waals surface area contributed by atoms with Gasteiger partial charge in [0.2, 0.25) is 0 Å². The van der Waals surface area contributed by atoms with Crippen LogP contribution in [0.4, 0.5) is 25.0 Å². The number of carbonyl (C=O) groups is 3. The summed E-state index contributed by atoms with van der Waals surface area (Å²) in [5.41, 5.74) is 7.95. The van der Waals surface area contributed by atoms with Crippen LogP contribution in [0.15, 0.2) is 48.7 Å². The number of aliphatic carboxylic acids is 1. The van der Waals surface area contributed by atoms with Crippen molar-refractivity contribution < 1.29 is 33.0 Å². The van der Waals surface area contributed by atoms with Gasteiger partial charge in [0, 0.05) is 29.6 Å². The standard InChI is InChI=1S/C22H19ClF2N4O5/c23-15-9-14(6-7-16(15)34-21(24)25)29-22(33)28-13-4-1-11(2-5-13)18-12(3-8-17(30)31)10-27-19(18)20(26)32/h1-2,4-7,9-10,21,27H,3,8H2,(H2,26,32)(H,30,31)(H2,28,29,33). The summed E-state index contributed by atoms with van der Waals surface area (Å²) < 4.78 is 28.9. The molecule has 12 heteroatoms. The number of alkyl halides is 2. The molecule has 0 radical (unpaired) electrons. The lowest BCUT2D eigenvalue weighted by Crippen LogP contribution is -2.19. The van der Waals surface area contributed by atoms with E-state index < -0.39 is 24.5 Å². The van der Waals surface area contributed by atoms with Gasteiger partial charge in [-0.3, -0.25) is 9.59 Å². The number of aromatic amines is 1. The van der Waals surface area contributed by atoms with Gasteiger partial charge in [0.1, 0.15) is 11.4 Å². The first-order chi connectivity index (χ1) is 16.1. The number of benzene rings is 2. The van der Waals surface area contributed by atoms with E-state index in [-0.39, 0.29) is 35.0 Å². The van der Waals surface area contributed by atoms with Crippen LogP contribution >= 0.6 is 11.6 Å². The van der Waals surface area contributed by atoms with Crippen LogP contribution in [0, 0.1) is 0 Å². The summed E-state index contributed by atoms with van der Waals surface area (Å²) in [5.74, 6) is -1.89. The molecule has 0 saturated carbocycles. The maximum atomic E-state index is 12.3. The molecule has 0 aliphatic rings. The van der Waals surface area contributed by atoms with Crippen molar-refractivity contribution in [1.29, 1.82) is 0 Å². The fourth-order valence-corrected chi connectivity index (χ4v) is 3.44. The monoisotopic (exact) mass is 492 g/mol. The van der Waals surface area contributed by atoms with Crippen molar-refractivity contribution in [3.63, 3.8) is 0 Å². The Bertz CT molecular complexity index is 1210. The van der Waals surface area contributed by atoms with Crippen LogP contribution < -0.4 is 21.1 Å². The Balaban J connectivity index is 1.71. The van der Waals surface area contributed by atoms with Gasteiger partial charge in [0.25, 0.3) is 5.91 Å². The van der Waals surface area contributed by atoms with Crippen molar-refractivity contribution in [1.82, 2.24) is 4.98 Å². The quantitative estimate of drug-likeness (QED) is 0.294. The summed E-state index contributed by atoms with van der Waals surface area (Å²) in [6, 6.07) is 9.65. The summed E-state index contributed by atoms with van der Waals surface area (Å²) >= 11 is 5.87. The van der Waals surface area contributed by atoms with E-state index in [0.29, 0.717) is 22.4 Å². The summed E-state index contributed by atoms with van der Waals surface area (Å²) in [7, 11) is 0. The van der Waals surface area contributed by atoms with Crippen LogP contribution in [0.5, 0.6) is 5.75 Å². The van der Waals surface area contributed by atoms with Gasteiger partial charge >= 0.3 is 18.6 Å². The van der Waals surface area contributed by atoms with Crippen LogP contribution in [0.3, 0.4) is 0 Å². The fourth-order valence-electron chi connectivity index (χ4n) is 3.21. The molecule has 0 unspecified atom stereocenters. The number of nitrogens with two attached hydrogens (primary N) is 1. The van der Waals surface area contributed by atoms with Gasteiger partial charge in [-0.15, -0.1) is 0 Å². The first-order valence-corrected chi connectivity index (χ1v) is 10.2. The SMILES string of the molecule is NC(=O)c1[nH]cc(CCC(=O)O)c1-c1ccc(NC(=O)Nc2ccc(OC(F)F)c(Cl)c2)cc1. The average Bonchev–Trinajstić information content (AvgIpc) is 3.19.